The highest BCUT2D eigenvalue weighted by atomic mass is 16.6. The van der Waals surface area contributed by atoms with Crippen LogP contribution in [0, 0.1) is 0 Å². The van der Waals surface area contributed by atoms with Crippen molar-refractivity contribution in [1.82, 2.24) is 0 Å². The molecule has 1 atom stereocenters. The van der Waals surface area contributed by atoms with Crippen molar-refractivity contribution in [2.75, 3.05) is 13.2 Å². The van der Waals surface area contributed by atoms with Gasteiger partial charge in [0.15, 0.2) is 6.10 Å². The van der Waals surface area contributed by atoms with E-state index < -0.39 is 6.10 Å². The first kappa shape index (κ1) is 56.1. The Hall–Kier alpha value is -2.89. The van der Waals surface area contributed by atoms with Crippen molar-refractivity contribution in [1.29, 1.82) is 0 Å². The minimum absolute atomic E-state index is 0.0907. The van der Waals surface area contributed by atoms with E-state index in [9.17, 15) is 14.4 Å². The quantitative estimate of drug-likeness (QED) is 0.0263. The minimum atomic E-state index is -0.793. The van der Waals surface area contributed by atoms with Crippen LogP contribution in [0.5, 0.6) is 0 Å². The molecule has 0 aromatic rings. The van der Waals surface area contributed by atoms with Gasteiger partial charge in [-0.2, -0.15) is 0 Å². The summed E-state index contributed by atoms with van der Waals surface area (Å²) in [7, 11) is 0. The summed E-state index contributed by atoms with van der Waals surface area (Å²) >= 11 is 0. The highest BCUT2D eigenvalue weighted by molar-refractivity contribution is 5.71. The van der Waals surface area contributed by atoms with Crippen LogP contribution >= 0.6 is 0 Å². The average molecular weight is 825 g/mol. The fourth-order valence-electron chi connectivity index (χ4n) is 6.71. The molecule has 0 aromatic heterocycles. The molecule has 0 bridgehead atoms. The summed E-state index contributed by atoms with van der Waals surface area (Å²) in [5.41, 5.74) is 0. The maximum Gasteiger partial charge on any atom is 0.306 e. The summed E-state index contributed by atoms with van der Waals surface area (Å²) < 4.78 is 16.7. The number of hydrogen-bond donors (Lipinski definition) is 0. The van der Waals surface area contributed by atoms with Crippen molar-refractivity contribution >= 4 is 17.9 Å². The number of rotatable bonds is 44. The second-order valence-electron chi connectivity index (χ2n) is 16.4. The third kappa shape index (κ3) is 46.0. The first-order valence-corrected chi connectivity index (χ1v) is 24.8. The van der Waals surface area contributed by atoms with Gasteiger partial charge in [0.1, 0.15) is 13.2 Å². The van der Waals surface area contributed by atoms with Crippen LogP contribution in [-0.4, -0.2) is 37.2 Å². The lowest BCUT2D eigenvalue weighted by molar-refractivity contribution is -0.167. The number of hydrogen-bond acceptors (Lipinski definition) is 6. The number of allylic oxidation sites excluding steroid dienone is 10. The predicted molar refractivity (Wildman–Crippen MR) is 251 cm³/mol. The molecule has 59 heavy (non-hydrogen) atoms. The van der Waals surface area contributed by atoms with Crippen molar-refractivity contribution in [3.8, 4) is 0 Å². The van der Waals surface area contributed by atoms with Gasteiger partial charge in [-0.25, -0.2) is 0 Å². The van der Waals surface area contributed by atoms with E-state index in [0.29, 0.717) is 19.3 Å². The lowest BCUT2D eigenvalue weighted by Crippen LogP contribution is -2.30. The number of esters is 3. The van der Waals surface area contributed by atoms with Crippen LogP contribution in [-0.2, 0) is 28.6 Å². The van der Waals surface area contributed by atoms with Gasteiger partial charge in [-0.3, -0.25) is 14.4 Å². The number of ether oxygens (including phenoxy) is 3. The lowest BCUT2D eigenvalue weighted by atomic mass is 10.1. The molecule has 0 rings (SSSR count). The molecule has 6 nitrogen and oxygen atoms in total. The van der Waals surface area contributed by atoms with Crippen molar-refractivity contribution < 1.29 is 28.6 Å². The maximum atomic E-state index is 12.8. The number of unbranched alkanes of at least 4 members (excludes halogenated alkanes) is 23. The van der Waals surface area contributed by atoms with E-state index in [4.69, 9.17) is 14.2 Å². The van der Waals surface area contributed by atoms with Gasteiger partial charge in [-0.1, -0.05) is 191 Å². The molecule has 0 heterocycles. The Morgan fingerprint density at radius 2 is 0.610 bits per heavy atom. The first-order valence-electron chi connectivity index (χ1n) is 24.8. The summed E-state index contributed by atoms with van der Waals surface area (Å²) in [5, 5.41) is 0. The molecule has 340 valence electrons. The third-order valence-corrected chi connectivity index (χ3v) is 10.5. The second kappa shape index (κ2) is 47.8. The predicted octanol–water partition coefficient (Wildman–Crippen LogP) is 16.1. The van der Waals surface area contributed by atoms with Gasteiger partial charge < -0.3 is 14.2 Å². The monoisotopic (exact) mass is 825 g/mol. The van der Waals surface area contributed by atoms with E-state index >= 15 is 0 Å². The number of carbonyl (C=O) groups excluding carboxylic acids is 3. The molecule has 0 aliphatic rings. The highest BCUT2D eigenvalue weighted by Gasteiger charge is 2.19. The van der Waals surface area contributed by atoms with Gasteiger partial charge in [0.05, 0.1) is 0 Å². The van der Waals surface area contributed by atoms with Crippen LogP contribution in [0.1, 0.15) is 239 Å². The molecular weight excluding hydrogens is 733 g/mol. The Balaban J connectivity index is 4.46. The zero-order valence-electron chi connectivity index (χ0n) is 38.8. The van der Waals surface area contributed by atoms with E-state index in [1.165, 1.54) is 103 Å². The van der Waals surface area contributed by atoms with Gasteiger partial charge in [0.2, 0.25) is 0 Å². The Morgan fingerprint density at radius 3 is 1.02 bits per heavy atom. The summed E-state index contributed by atoms with van der Waals surface area (Å²) in [6.45, 7) is 6.53. The van der Waals surface area contributed by atoms with Crippen LogP contribution in [0.4, 0.5) is 0 Å². The molecule has 0 spiro atoms. The minimum Gasteiger partial charge on any atom is -0.462 e. The zero-order valence-corrected chi connectivity index (χ0v) is 38.8. The molecule has 0 saturated carbocycles. The topological polar surface area (TPSA) is 78.9 Å². The molecule has 0 aliphatic heterocycles. The summed E-state index contributed by atoms with van der Waals surface area (Å²) in [6.07, 6.45) is 57.7. The summed E-state index contributed by atoms with van der Waals surface area (Å²) in [5.74, 6) is -0.944. The molecule has 6 heteroatoms. The van der Waals surface area contributed by atoms with E-state index in [1.807, 2.05) is 0 Å². The van der Waals surface area contributed by atoms with Crippen molar-refractivity contribution in [3.05, 3.63) is 60.8 Å². The molecule has 0 N–H and O–H groups in total. The normalized spacial score (nSPS) is 12.5. The molecule has 0 fully saturated rings. The van der Waals surface area contributed by atoms with Crippen LogP contribution < -0.4 is 0 Å². The van der Waals surface area contributed by atoms with Gasteiger partial charge in [0, 0.05) is 19.3 Å². The fraction of sp³-hybridized carbons (Fsp3) is 0.755. The summed E-state index contributed by atoms with van der Waals surface area (Å²) in [4.78, 5) is 37.8. The molecule has 0 aliphatic carbocycles. The van der Waals surface area contributed by atoms with Gasteiger partial charge in [0.25, 0.3) is 0 Å². The first-order chi connectivity index (χ1) is 29.0. The molecule has 0 saturated heterocycles. The SMILES string of the molecule is CCCCC/C=C\C/C=C\C/C=C\CCCCC(=O)OC[C@@H](COC(=O)CCCCCCCCCCCCC)OC(=O)CCCCCCC/C=C\C/C=C\CCCCC. The molecule has 0 unspecified atom stereocenters. The Labute approximate surface area is 364 Å². The van der Waals surface area contributed by atoms with Crippen LogP contribution in [0.2, 0.25) is 0 Å². The maximum absolute atomic E-state index is 12.8. The third-order valence-electron chi connectivity index (χ3n) is 10.5. The zero-order chi connectivity index (χ0) is 43.0. The smallest absolute Gasteiger partial charge is 0.306 e. The van der Waals surface area contributed by atoms with E-state index in [0.717, 1.165) is 96.3 Å². The summed E-state index contributed by atoms with van der Waals surface area (Å²) in [6, 6.07) is 0. The van der Waals surface area contributed by atoms with Crippen molar-refractivity contribution in [3.63, 3.8) is 0 Å². The van der Waals surface area contributed by atoms with Crippen molar-refractivity contribution in [2.24, 2.45) is 0 Å². The Morgan fingerprint density at radius 1 is 0.339 bits per heavy atom. The van der Waals surface area contributed by atoms with E-state index in [2.05, 4.69) is 81.5 Å². The van der Waals surface area contributed by atoms with E-state index in [1.54, 1.807) is 0 Å². The van der Waals surface area contributed by atoms with Gasteiger partial charge >= 0.3 is 17.9 Å². The molecule has 0 aromatic carbocycles. The van der Waals surface area contributed by atoms with Crippen LogP contribution in [0.25, 0.3) is 0 Å². The Kier molecular flexibility index (Phi) is 45.4. The van der Waals surface area contributed by atoms with Gasteiger partial charge in [-0.15, -0.1) is 0 Å². The fourth-order valence-corrected chi connectivity index (χ4v) is 6.71. The van der Waals surface area contributed by atoms with E-state index in [-0.39, 0.29) is 31.1 Å². The molecular formula is C53H92O6. The Bertz CT molecular complexity index is 1090. The highest BCUT2D eigenvalue weighted by Crippen LogP contribution is 2.14. The van der Waals surface area contributed by atoms with Crippen LogP contribution in [0.3, 0.4) is 0 Å². The van der Waals surface area contributed by atoms with Crippen LogP contribution in [0.15, 0.2) is 60.8 Å². The molecule has 0 radical (unpaired) electrons. The molecule has 0 amide bonds. The average Bonchev–Trinajstić information content (AvgIpc) is 3.23. The number of carbonyl (C=O) groups is 3. The largest absolute Gasteiger partial charge is 0.462 e. The van der Waals surface area contributed by atoms with Crippen molar-refractivity contribution in [2.45, 2.75) is 245 Å². The lowest BCUT2D eigenvalue weighted by Gasteiger charge is -2.18. The standard InChI is InChI=1S/C53H92O6/c1-4-7-10-13-16-19-22-24-26-28-31-34-37-40-43-46-52(55)58-49-50(48-57-51(54)45-42-39-36-33-30-21-18-15-12-9-6-3)59-53(56)47-44-41-38-35-32-29-27-25-23-20-17-14-11-8-5-2/h16-17,19-20,24-27,31,34,50H,4-15,18,21-23,28-30,32-33,35-49H2,1-3H3/b19-16-,20-17-,26-24-,27-25-,34-31-/t50-/m1/s1. The van der Waals surface area contributed by atoms with Gasteiger partial charge in [-0.05, 0) is 89.9 Å². The second-order valence-corrected chi connectivity index (χ2v) is 16.4.